The molecule has 2 heterocycles. The van der Waals surface area contributed by atoms with E-state index in [0.717, 1.165) is 30.8 Å². The second kappa shape index (κ2) is 4.22. The molecule has 0 aliphatic carbocycles. The van der Waals surface area contributed by atoms with Crippen molar-refractivity contribution in [3.05, 3.63) is 53.5 Å². The molecule has 1 N–H and O–H groups in total. The first-order valence-corrected chi connectivity index (χ1v) is 5.86. The van der Waals surface area contributed by atoms with E-state index in [9.17, 15) is 4.79 Å². The highest BCUT2D eigenvalue weighted by atomic mass is 16.4. The maximum atomic E-state index is 11.0. The first kappa shape index (κ1) is 10.9. The number of benzene rings is 1. The largest absolute Gasteiger partial charge is 0.478 e. The second-order valence-corrected chi connectivity index (χ2v) is 4.45. The van der Waals surface area contributed by atoms with E-state index >= 15 is 0 Å². The first-order valence-electron chi connectivity index (χ1n) is 5.86. The van der Waals surface area contributed by atoms with Gasteiger partial charge in [0.05, 0.1) is 18.1 Å². The molecule has 0 unspecified atom stereocenters. The summed E-state index contributed by atoms with van der Waals surface area (Å²) in [5, 5.41) is 9.03. The number of furan rings is 1. The van der Waals surface area contributed by atoms with Crippen LogP contribution in [-0.4, -0.2) is 17.6 Å². The number of hydrogen-bond donors (Lipinski definition) is 1. The quantitative estimate of drug-likeness (QED) is 0.900. The molecule has 0 fully saturated rings. The van der Waals surface area contributed by atoms with Gasteiger partial charge in [-0.2, -0.15) is 0 Å². The lowest BCUT2D eigenvalue weighted by Gasteiger charge is -2.18. The Morgan fingerprint density at radius 1 is 1.39 bits per heavy atom. The highest BCUT2D eigenvalue weighted by Crippen LogP contribution is 2.30. The van der Waals surface area contributed by atoms with Crippen LogP contribution in [-0.2, 0) is 13.0 Å². The van der Waals surface area contributed by atoms with Crippen LogP contribution in [0.4, 0.5) is 5.69 Å². The normalized spacial score (nSPS) is 13.7. The number of carboxylic acids is 1. The Hall–Kier alpha value is -2.23. The third kappa shape index (κ3) is 1.86. The van der Waals surface area contributed by atoms with Gasteiger partial charge in [-0.15, -0.1) is 0 Å². The molecule has 1 aromatic carbocycles. The molecular weight excluding hydrogens is 230 g/mol. The number of carbonyl (C=O) groups is 1. The van der Waals surface area contributed by atoms with E-state index in [2.05, 4.69) is 4.90 Å². The summed E-state index contributed by atoms with van der Waals surface area (Å²) in [6.45, 7) is 1.68. The zero-order chi connectivity index (χ0) is 12.5. The predicted molar refractivity (Wildman–Crippen MR) is 66.9 cm³/mol. The van der Waals surface area contributed by atoms with Gasteiger partial charge in [-0.1, -0.05) is 6.07 Å². The van der Waals surface area contributed by atoms with Crippen LogP contribution in [0, 0.1) is 0 Å². The van der Waals surface area contributed by atoms with Crippen molar-refractivity contribution in [2.45, 2.75) is 13.0 Å². The van der Waals surface area contributed by atoms with Crippen molar-refractivity contribution in [1.29, 1.82) is 0 Å². The zero-order valence-corrected chi connectivity index (χ0v) is 9.80. The van der Waals surface area contributed by atoms with Gasteiger partial charge in [-0.05, 0) is 30.2 Å². The van der Waals surface area contributed by atoms with E-state index in [0.29, 0.717) is 5.56 Å². The Balaban J connectivity index is 1.90. The number of hydrogen-bond acceptors (Lipinski definition) is 3. The van der Waals surface area contributed by atoms with Crippen LogP contribution in [0.25, 0.3) is 0 Å². The van der Waals surface area contributed by atoms with E-state index in [1.165, 1.54) is 5.56 Å². The molecule has 0 saturated carbocycles. The third-order valence-corrected chi connectivity index (χ3v) is 3.28. The van der Waals surface area contributed by atoms with Crippen molar-refractivity contribution in [3.63, 3.8) is 0 Å². The van der Waals surface area contributed by atoms with Crippen LogP contribution in [0.5, 0.6) is 0 Å². The Kier molecular flexibility index (Phi) is 2.55. The summed E-state index contributed by atoms with van der Waals surface area (Å²) >= 11 is 0. The van der Waals surface area contributed by atoms with E-state index in [-0.39, 0.29) is 0 Å². The monoisotopic (exact) mass is 243 g/mol. The molecular formula is C14H13NO3. The fourth-order valence-corrected chi connectivity index (χ4v) is 2.35. The predicted octanol–water partition coefficient (Wildman–Crippen LogP) is 2.54. The summed E-state index contributed by atoms with van der Waals surface area (Å²) < 4.78 is 5.05. The lowest BCUT2D eigenvalue weighted by Crippen LogP contribution is -2.19. The average molecular weight is 243 g/mol. The first-order chi connectivity index (χ1) is 8.74. The van der Waals surface area contributed by atoms with Crippen molar-refractivity contribution in [2.24, 2.45) is 0 Å². The number of anilines is 1. The lowest BCUT2D eigenvalue weighted by atomic mass is 10.1. The molecule has 4 heteroatoms. The number of aromatic carboxylic acids is 1. The third-order valence-electron chi connectivity index (χ3n) is 3.28. The van der Waals surface area contributed by atoms with Crippen LogP contribution in [0.2, 0.25) is 0 Å². The molecule has 1 aliphatic heterocycles. The SMILES string of the molecule is O=C(O)c1ccc2c(c1)N(Cc1ccoc1)CC2. The second-order valence-electron chi connectivity index (χ2n) is 4.45. The fourth-order valence-electron chi connectivity index (χ4n) is 2.35. The molecule has 0 radical (unpaired) electrons. The van der Waals surface area contributed by atoms with Crippen LogP contribution < -0.4 is 4.90 Å². The molecule has 0 bridgehead atoms. The summed E-state index contributed by atoms with van der Waals surface area (Å²) in [5.74, 6) is -0.882. The van der Waals surface area contributed by atoms with Gasteiger partial charge in [0.15, 0.2) is 0 Å². The minimum Gasteiger partial charge on any atom is -0.478 e. The smallest absolute Gasteiger partial charge is 0.335 e. The number of nitrogens with zero attached hydrogens (tertiary/aromatic N) is 1. The Bertz CT molecular complexity index is 575. The van der Waals surface area contributed by atoms with Gasteiger partial charge in [0.2, 0.25) is 0 Å². The lowest BCUT2D eigenvalue weighted by molar-refractivity contribution is 0.0697. The van der Waals surface area contributed by atoms with Crippen molar-refractivity contribution < 1.29 is 14.3 Å². The van der Waals surface area contributed by atoms with Gasteiger partial charge in [-0.25, -0.2) is 4.79 Å². The van der Waals surface area contributed by atoms with Gasteiger partial charge in [0, 0.05) is 24.3 Å². The van der Waals surface area contributed by atoms with Gasteiger partial charge in [0.1, 0.15) is 0 Å². The highest BCUT2D eigenvalue weighted by molar-refractivity contribution is 5.89. The molecule has 0 saturated heterocycles. The van der Waals surface area contributed by atoms with Crippen LogP contribution in [0.15, 0.2) is 41.2 Å². The average Bonchev–Trinajstić information content (AvgIpc) is 2.99. The highest BCUT2D eigenvalue weighted by Gasteiger charge is 2.20. The van der Waals surface area contributed by atoms with Gasteiger partial charge >= 0.3 is 5.97 Å². The zero-order valence-electron chi connectivity index (χ0n) is 9.80. The van der Waals surface area contributed by atoms with Gasteiger partial charge in [0.25, 0.3) is 0 Å². The van der Waals surface area contributed by atoms with Gasteiger partial charge < -0.3 is 14.4 Å². The van der Waals surface area contributed by atoms with Crippen molar-refractivity contribution in [2.75, 3.05) is 11.4 Å². The van der Waals surface area contributed by atoms with E-state index < -0.39 is 5.97 Å². The Labute approximate surface area is 104 Å². The molecule has 92 valence electrons. The Morgan fingerprint density at radius 3 is 3.00 bits per heavy atom. The maximum absolute atomic E-state index is 11.0. The summed E-state index contributed by atoms with van der Waals surface area (Å²) in [6, 6.07) is 7.26. The van der Waals surface area contributed by atoms with Crippen molar-refractivity contribution in [1.82, 2.24) is 0 Å². The maximum Gasteiger partial charge on any atom is 0.335 e. The molecule has 3 rings (SSSR count). The van der Waals surface area contributed by atoms with E-state index in [1.807, 2.05) is 12.1 Å². The molecule has 0 spiro atoms. The van der Waals surface area contributed by atoms with Crippen molar-refractivity contribution >= 4 is 11.7 Å². The molecule has 1 aliphatic rings. The number of carboxylic acid groups (broad SMARTS) is 1. The van der Waals surface area contributed by atoms with Crippen LogP contribution in [0.1, 0.15) is 21.5 Å². The number of rotatable bonds is 3. The van der Waals surface area contributed by atoms with Gasteiger partial charge in [-0.3, -0.25) is 0 Å². The summed E-state index contributed by atoms with van der Waals surface area (Å²) in [7, 11) is 0. The molecule has 0 atom stereocenters. The molecule has 18 heavy (non-hydrogen) atoms. The summed E-state index contributed by atoms with van der Waals surface area (Å²) in [4.78, 5) is 13.2. The van der Waals surface area contributed by atoms with Crippen LogP contribution >= 0.6 is 0 Å². The summed E-state index contributed by atoms with van der Waals surface area (Å²) in [5.41, 5.74) is 3.68. The van der Waals surface area contributed by atoms with Crippen LogP contribution in [0.3, 0.4) is 0 Å². The standard InChI is InChI=1S/C14H13NO3/c16-14(17)12-2-1-11-3-5-15(13(11)7-12)8-10-4-6-18-9-10/h1-2,4,6-7,9H,3,5,8H2,(H,16,17). The molecule has 4 nitrogen and oxygen atoms in total. The number of fused-ring (bicyclic) bond motifs is 1. The van der Waals surface area contributed by atoms with Crippen molar-refractivity contribution in [3.8, 4) is 0 Å². The molecule has 2 aromatic rings. The molecule has 1 aromatic heterocycles. The fraction of sp³-hybridized carbons (Fsp3) is 0.214. The van der Waals surface area contributed by atoms with E-state index in [1.54, 1.807) is 24.7 Å². The minimum absolute atomic E-state index is 0.341. The minimum atomic E-state index is -0.882. The molecule has 0 amide bonds. The topological polar surface area (TPSA) is 53.7 Å². The Morgan fingerprint density at radius 2 is 2.28 bits per heavy atom. The summed E-state index contributed by atoms with van der Waals surface area (Å²) in [6.07, 6.45) is 4.34. The van der Waals surface area contributed by atoms with E-state index in [4.69, 9.17) is 9.52 Å².